The highest BCUT2D eigenvalue weighted by Gasteiger charge is 2.20. The lowest BCUT2D eigenvalue weighted by molar-refractivity contribution is 0.101. The minimum absolute atomic E-state index is 0.0179. The Hall–Kier alpha value is -1.71. The second kappa shape index (κ2) is 3.40. The molecular weight excluding hydrogens is 202 g/mol. The molecule has 0 aromatic carbocycles. The van der Waals surface area contributed by atoms with Crippen LogP contribution in [0.2, 0.25) is 0 Å². The molecule has 16 heavy (non-hydrogen) atoms. The van der Waals surface area contributed by atoms with Crippen molar-refractivity contribution in [2.24, 2.45) is 0 Å². The van der Waals surface area contributed by atoms with E-state index in [9.17, 15) is 4.79 Å². The van der Waals surface area contributed by atoms with Crippen LogP contribution in [0.5, 0.6) is 0 Å². The molecule has 0 spiro atoms. The fourth-order valence-electron chi connectivity index (χ4n) is 2.02. The average molecular weight is 215 g/mol. The molecule has 0 N–H and O–H groups in total. The average Bonchev–Trinajstić information content (AvgIpc) is 2.57. The molecule has 2 aromatic rings. The fraction of sp³-hybridized carbons (Fsp3) is 0.417. The predicted octanol–water partition coefficient (Wildman–Crippen LogP) is 2.20. The topological polar surface area (TPSA) is 47.3 Å². The van der Waals surface area contributed by atoms with Gasteiger partial charge in [-0.05, 0) is 24.3 Å². The van der Waals surface area contributed by atoms with E-state index in [2.05, 4.69) is 10.1 Å². The number of carbonyl (C=O) groups excluding carboxylic acids is 1. The second-order valence-electron chi connectivity index (χ2n) is 4.40. The van der Waals surface area contributed by atoms with Crippen molar-refractivity contribution in [1.29, 1.82) is 0 Å². The van der Waals surface area contributed by atoms with Crippen molar-refractivity contribution in [3.63, 3.8) is 0 Å². The summed E-state index contributed by atoms with van der Waals surface area (Å²) in [6.45, 7) is 1.52. The van der Waals surface area contributed by atoms with Crippen molar-refractivity contribution in [3.8, 4) is 0 Å². The quantitative estimate of drug-likeness (QED) is 0.721. The van der Waals surface area contributed by atoms with E-state index in [0.717, 1.165) is 5.65 Å². The van der Waals surface area contributed by atoms with Gasteiger partial charge in [-0.25, -0.2) is 9.50 Å². The van der Waals surface area contributed by atoms with Crippen molar-refractivity contribution < 1.29 is 4.79 Å². The number of Topliss-reactive ketones (excluding diaryl/α,β-unsaturated/α-hetero) is 1. The molecule has 0 atom stereocenters. The number of nitrogens with zero attached hydrogens (tertiary/aromatic N) is 3. The van der Waals surface area contributed by atoms with Crippen LogP contribution in [0.4, 0.5) is 0 Å². The van der Waals surface area contributed by atoms with Crippen LogP contribution >= 0.6 is 0 Å². The van der Waals surface area contributed by atoms with Gasteiger partial charge in [0.25, 0.3) is 0 Å². The molecule has 3 rings (SSSR count). The Labute approximate surface area is 93.3 Å². The number of carbonyl (C=O) groups is 1. The maximum atomic E-state index is 11.2. The third-order valence-electron chi connectivity index (χ3n) is 3.27. The maximum Gasteiger partial charge on any atom is 0.180 e. The molecule has 2 aromatic heterocycles. The number of hydrogen-bond donors (Lipinski definition) is 0. The molecule has 2 heterocycles. The summed E-state index contributed by atoms with van der Waals surface area (Å²) in [5.74, 6) is 0.623. The SMILES string of the molecule is CC(=O)c1cc2ncc(C3CCC3)cn2n1. The molecule has 0 radical (unpaired) electrons. The van der Waals surface area contributed by atoms with Gasteiger partial charge in [0.15, 0.2) is 11.4 Å². The van der Waals surface area contributed by atoms with Gasteiger partial charge >= 0.3 is 0 Å². The van der Waals surface area contributed by atoms with Crippen molar-refractivity contribution in [2.45, 2.75) is 32.1 Å². The van der Waals surface area contributed by atoms with Gasteiger partial charge in [0.2, 0.25) is 0 Å². The van der Waals surface area contributed by atoms with Gasteiger partial charge < -0.3 is 0 Å². The lowest BCUT2D eigenvalue weighted by atomic mass is 9.81. The predicted molar refractivity (Wildman–Crippen MR) is 59.6 cm³/mol. The Kier molecular flexibility index (Phi) is 2.02. The molecule has 4 nitrogen and oxygen atoms in total. The van der Waals surface area contributed by atoms with Crippen LogP contribution in [-0.4, -0.2) is 20.4 Å². The highest BCUT2D eigenvalue weighted by molar-refractivity contribution is 5.93. The molecule has 0 amide bonds. The number of hydrogen-bond acceptors (Lipinski definition) is 3. The zero-order chi connectivity index (χ0) is 11.1. The minimum atomic E-state index is -0.0179. The number of rotatable bonds is 2. The van der Waals surface area contributed by atoms with Crippen LogP contribution in [0.25, 0.3) is 5.65 Å². The van der Waals surface area contributed by atoms with Crippen LogP contribution in [-0.2, 0) is 0 Å². The summed E-state index contributed by atoms with van der Waals surface area (Å²) < 4.78 is 1.71. The van der Waals surface area contributed by atoms with Crippen LogP contribution < -0.4 is 0 Å². The zero-order valence-electron chi connectivity index (χ0n) is 9.18. The monoisotopic (exact) mass is 215 g/mol. The van der Waals surface area contributed by atoms with Gasteiger partial charge in [-0.15, -0.1) is 0 Å². The summed E-state index contributed by atoms with van der Waals surface area (Å²) in [4.78, 5) is 15.5. The van der Waals surface area contributed by atoms with Crippen LogP contribution in [0.3, 0.4) is 0 Å². The van der Waals surface area contributed by atoms with Crippen molar-refractivity contribution >= 4 is 11.4 Å². The summed E-state index contributed by atoms with van der Waals surface area (Å²) in [5.41, 5.74) is 2.46. The maximum absolute atomic E-state index is 11.2. The smallest absolute Gasteiger partial charge is 0.180 e. The first-order valence-electron chi connectivity index (χ1n) is 5.60. The van der Waals surface area contributed by atoms with E-state index in [1.807, 2.05) is 12.4 Å². The summed E-state index contributed by atoms with van der Waals surface area (Å²) in [5, 5.41) is 4.22. The minimum Gasteiger partial charge on any atom is -0.293 e. The molecule has 0 unspecified atom stereocenters. The normalized spacial score (nSPS) is 16.3. The standard InChI is InChI=1S/C12H13N3O/c1-8(16)11-5-12-13-6-10(7-15(12)14-11)9-3-2-4-9/h5-7,9H,2-4H2,1H3. The molecule has 82 valence electrons. The zero-order valence-corrected chi connectivity index (χ0v) is 9.18. The van der Waals surface area contributed by atoms with Gasteiger partial charge in [0.05, 0.1) is 0 Å². The molecule has 1 saturated carbocycles. The molecule has 1 aliphatic rings. The lowest BCUT2D eigenvalue weighted by Gasteiger charge is -2.25. The van der Waals surface area contributed by atoms with Crippen molar-refractivity contribution in [3.05, 3.63) is 29.7 Å². The Morgan fingerprint density at radius 1 is 1.50 bits per heavy atom. The van der Waals surface area contributed by atoms with Gasteiger partial charge in [-0.3, -0.25) is 4.79 Å². The molecular formula is C12H13N3O. The van der Waals surface area contributed by atoms with Crippen LogP contribution in [0.15, 0.2) is 18.5 Å². The van der Waals surface area contributed by atoms with E-state index in [1.54, 1.807) is 10.6 Å². The summed E-state index contributed by atoms with van der Waals surface area (Å²) in [7, 11) is 0. The third kappa shape index (κ3) is 1.41. The Morgan fingerprint density at radius 3 is 2.94 bits per heavy atom. The Bertz CT molecular complexity index is 554. The largest absolute Gasteiger partial charge is 0.293 e. The third-order valence-corrected chi connectivity index (χ3v) is 3.27. The van der Waals surface area contributed by atoms with Crippen LogP contribution in [0.1, 0.15) is 48.2 Å². The van der Waals surface area contributed by atoms with Gasteiger partial charge in [-0.2, -0.15) is 5.10 Å². The van der Waals surface area contributed by atoms with Gasteiger partial charge in [0.1, 0.15) is 5.69 Å². The van der Waals surface area contributed by atoms with Gasteiger partial charge in [-0.1, -0.05) is 6.42 Å². The summed E-state index contributed by atoms with van der Waals surface area (Å²) in [6.07, 6.45) is 7.70. The summed E-state index contributed by atoms with van der Waals surface area (Å²) >= 11 is 0. The molecule has 1 fully saturated rings. The van der Waals surface area contributed by atoms with E-state index in [4.69, 9.17) is 0 Å². The van der Waals surface area contributed by atoms with Crippen molar-refractivity contribution in [2.75, 3.05) is 0 Å². The van der Waals surface area contributed by atoms with Crippen molar-refractivity contribution in [1.82, 2.24) is 14.6 Å². The molecule has 0 saturated heterocycles. The van der Waals surface area contributed by atoms with E-state index in [0.29, 0.717) is 11.6 Å². The molecule has 1 aliphatic carbocycles. The van der Waals surface area contributed by atoms with Gasteiger partial charge in [0, 0.05) is 25.4 Å². The Morgan fingerprint density at radius 2 is 2.31 bits per heavy atom. The molecule has 0 bridgehead atoms. The highest BCUT2D eigenvalue weighted by Crippen LogP contribution is 2.35. The first-order chi connectivity index (χ1) is 7.74. The summed E-state index contributed by atoms with van der Waals surface area (Å²) in [6, 6.07) is 1.73. The fourth-order valence-corrected chi connectivity index (χ4v) is 2.02. The van der Waals surface area contributed by atoms with E-state index >= 15 is 0 Å². The molecule has 4 heteroatoms. The Balaban J connectivity index is 2.06. The number of ketones is 1. The van der Waals surface area contributed by atoms with E-state index in [-0.39, 0.29) is 5.78 Å². The van der Waals surface area contributed by atoms with Crippen LogP contribution in [0, 0.1) is 0 Å². The number of fused-ring (bicyclic) bond motifs is 1. The highest BCUT2D eigenvalue weighted by atomic mass is 16.1. The van der Waals surface area contributed by atoms with E-state index < -0.39 is 0 Å². The molecule has 0 aliphatic heterocycles. The first-order valence-corrected chi connectivity index (χ1v) is 5.60. The number of aromatic nitrogens is 3. The first kappa shape index (κ1) is 9.51. The second-order valence-corrected chi connectivity index (χ2v) is 4.40. The van der Waals surface area contributed by atoms with E-state index in [1.165, 1.54) is 31.7 Å². The lowest BCUT2D eigenvalue weighted by Crippen LogP contribution is -2.10.